The molecular weight excluding hydrogens is 836 g/mol. The zero-order valence-corrected chi connectivity index (χ0v) is 37.7. The van der Waals surface area contributed by atoms with Gasteiger partial charge in [-0.3, -0.25) is 33.6 Å². The van der Waals surface area contributed by atoms with Crippen molar-refractivity contribution in [3.63, 3.8) is 0 Å². The third-order valence-corrected chi connectivity index (χ3v) is 12.0. The Labute approximate surface area is 379 Å². The highest BCUT2D eigenvalue weighted by molar-refractivity contribution is 6.30. The molecule has 0 fully saturated rings. The number of rotatable bonds is 16. The van der Waals surface area contributed by atoms with E-state index in [4.69, 9.17) is 17.3 Å². The Morgan fingerprint density at radius 2 is 1.42 bits per heavy atom. The maximum absolute atomic E-state index is 14.7. The summed E-state index contributed by atoms with van der Waals surface area (Å²) in [6.45, 7) is 4.71. The molecule has 0 unspecified atom stereocenters. The van der Waals surface area contributed by atoms with Gasteiger partial charge < -0.3 is 31.1 Å². The standard InChI is InChI=1S/C50H57ClN4O9/c1-29-22-46(61)47(55(5)50(64)37(8-6-7-21-52)27-44(59)35-12-10-33(11-13-35)34-14-17-38(51)18-15-34)36-16-20-43(58)40(26-36)39-24-32(9-19-42(39)57)25-41(53-48(29)62)45(60)23-30(2)49(63)54(4)28-31(3)56/h9-20,24,26,29-30,37,41,47,57-58H,6-8,21-23,25,27-28,52H2,1-5H3,(H,53,62)/t29-,30-,37-,41+,47+/m1/s1. The molecule has 338 valence electrons. The molecule has 0 radical (unpaired) electrons. The molecule has 1 heterocycles. The third-order valence-electron chi connectivity index (χ3n) is 11.8. The molecule has 0 saturated heterocycles. The van der Waals surface area contributed by atoms with Gasteiger partial charge in [0.2, 0.25) is 17.7 Å². The predicted molar refractivity (Wildman–Crippen MR) is 244 cm³/mol. The number of nitrogens with zero attached hydrogens (tertiary/aromatic N) is 2. The van der Waals surface area contributed by atoms with Crippen molar-refractivity contribution < 1.29 is 43.8 Å². The van der Waals surface area contributed by atoms with E-state index in [2.05, 4.69) is 5.32 Å². The van der Waals surface area contributed by atoms with Crippen LogP contribution in [0.25, 0.3) is 22.3 Å². The van der Waals surface area contributed by atoms with Gasteiger partial charge in [0, 0.05) is 72.8 Å². The largest absolute Gasteiger partial charge is 0.507 e. The zero-order chi connectivity index (χ0) is 46.8. The zero-order valence-electron chi connectivity index (χ0n) is 36.9. The van der Waals surface area contributed by atoms with E-state index in [0.29, 0.717) is 47.5 Å². The number of halogens is 1. The molecule has 14 heteroatoms. The van der Waals surface area contributed by atoms with Crippen molar-refractivity contribution in [3.05, 3.63) is 107 Å². The number of benzene rings is 4. The minimum atomic E-state index is -1.29. The molecule has 4 bridgehead atoms. The van der Waals surface area contributed by atoms with Crippen molar-refractivity contribution >= 4 is 52.5 Å². The molecule has 0 saturated carbocycles. The molecule has 4 aromatic rings. The van der Waals surface area contributed by atoms with Gasteiger partial charge >= 0.3 is 0 Å². The molecule has 0 aromatic heterocycles. The summed E-state index contributed by atoms with van der Waals surface area (Å²) in [5.41, 5.74) is 9.15. The summed E-state index contributed by atoms with van der Waals surface area (Å²) >= 11 is 6.06. The number of nitrogens with two attached hydrogens (primary N) is 1. The Morgan fingerprint density at radius 3 is 2.05 bits per heavy atom. The SMILES string of the molecule is CC(=O)CN(C)C(=O)[C@H](C)CC(=O)[C@@H]1Cc2ccc(O)c(c2)-c2cc(ccc2O)[C@H](N(C)C(=O)[C@H](CCCCN)CC(=O)c2ccc(-c3ccc(Cl)cc3)cc2)C(=O)C[C@@H](C)C(=O)N1. The summed E-state index contributed by atoms with van der Waals surface area (Å²) in [6.07, 6.45) is 0.645. The predicted octanol–water partition coefficient (Wildman–Crippen LogP) is 6.88. The fraction of sp³-hybridized carbons (Fsp3) is 0.380. The highest BCUT2D eigenvalue weighted by Crippen LogP contribution is 2.40. The lowest BCUT2D eigenvalue weighted by atomic mass is 9.87. The van der Waals surface area contributed by atoms with E-state index in [0.717, 1.165) is 11.1 Å². The molecule has 1 aliphatic rings. The van der Waals surface area contributed by atoms with E-state index in [9.17, 15) is 43.8 Å². The molecule has 64 heavy (non-hydrogen) atoms. The number of fused-ring (bicyclic) bond motifs is 5. The Bertz CT molecular complexity index is 2380. The monoisotopic (exact) mass is 892 g/mol. The van der Waals surface area contributed by atoms with Crippen LogP contribution >= 0.6 is 11.6 Å². The summed E-state index contributed by atoms with van der Waals surface area (Å²) in [4.78, 5) is 98.1. The van der Waals surface area contributed by atoms with Crippen molar-refractivity contribution in [3.8, 4) is 33.8 Å². The molecular formula is C50H57ClN4O9. The second-order valence-corrected chi connectivity index (χ2v) is 17.4. The van der Waals surface area contributed by atoms with Crippen LogP contribution in [-0.4, -0.2) is 94.1 Å². The van der Waals surface area contributed by atoms with E-state index in [1.54, 1.807) is 43.3 Å². The van der Waals surface area contributed by atoms with Crippen LogP contribution in [0.4, 0.5) is 0 Å². The molecule has 0 spiro atoms. The molecule has 1 aliphatic heterocycles. The number of unbranched alkanes of at least 4 members (excludes halogenated alkanes) is 1. The van der Waals surface area contributed by atoms with Crippen molar-refractivity contribution in [2.24, 2.45) is 23.5 Å². The maximum Gasteiger partial charge on any atom is 0.226 e. The number of ketones is 4. The van der Waals surface area contributed by atoms with Gasteiger partial charge in [0.15, 0.2) is 17.3 Å². The highest BCUT2D eigenvalue weighted by Gasteiger charge is 2.36. The second kappa shape index (κ2) is 21.9. The Balaban J connectivity index is 1.48. The summed E-state index contributed by atoms with van der Waals surface area (Å²) < 4.78 is 0. The van der Waals surface area contributed by atoms with Crippen LogP contribution in [0.1, 0.15) is 86.8 Å². The Hall–Kier alpha value is -6.18. The lowest BCUT2D eigenvalue weighted by molar-refractivity contribution is -0.142. The first kappa shape index (κ1) is 48.8. The summed E-state index contributed by atoms with van der Waals surface area (Å²) in [7, 11) is 2.94. The van der Waals surface area contributed by atoms with E-state index in [1.165, 1.54) is 62.0 Å². The van der Waals surface area contributed by atoms with Gasteiger partial charge in [0.05, 0.1) is 12.6 Å². The van der Waals surface area contributed by atoms with Crippen LogP contribution < -0.4 is 11.1 Å². The highest BCUT2D eigenvalue weighted by atomic mass is 35.5. The molecule has 5 rings (SSSR count). The first-order chi connectivity index (χ1) is 30.4. The normalized spacial score (nSPS) is 17.3. The smallest absolute Gasteiger partial charge is 0.226 e. The molecule has 0 aliphatic carbocycles. The number of carbonyl (C=O) groups excluding carboxylic acids is 7. The fourth-order valence-corrected chi connectivity index (χ4v) is 8.33. The minimum Gasteiger partial charge on any atom is -0.507 e. The Kier molecular flexibility index (Phi) is 16.7. The van der Waals surface area contributed by atoms with Crippen LogP contribution in [0.2, 0.25) is 5.02 Å². The minimum absolute atomic E-state index is 0.0419. The molecule has 5 N–H and O–H groups in total. The maximum atomic E-state index is 14.7. The first-order valence-corrected chi connectivity index (χ1v) is 21.9. The number of hydrogen-bond acceptors (Lipinski definition) is 10. The number of Topliss-reactive ketones (excluding diaryl/α,β-unsaturated/α-hetero) is 4. The number of hydrogen-bond donors (Lipinski definition) is 4. The van der Waals surface area contributed by atoms with Gasteiger partial charge in [-0.25, -0.2) is 0 Å². The molecule has 13 nitrogen and oxygen atoms in total. The molecule has 3 amide bonds. The van der Waals surface area contributed by atoms with Crippen LogP contribution in [0.15, 0.2) is 84.9 Å². The first-order valence-electron chi connectivity index (χ1n) is 21.5. The number of amides is 3. The van der Waals surface area contributed by atoms with Crippen molar-refractivity contribution in [2.75, 3.05) is 27.2 Å². The lowest BCUT2D eigenvalue weighted by Gasteiger charge is -2.32. The second-order valence-electron chi connectivity index (χ2n) is 17.0. The lowest BCUT2D eigenvalue weighted by Crippen LogP contribution is -2.47. The summed E-state index contributed by atoms with van der Waals surface area (Å²) in [5, 5.41) is 25.7. The van der Waals surface area contributed by atoms with E-state index in [1.807, 2.05) is 24.3 Å². The van der Waals surface area contributed by atoms with Crippen LogP contribution in [0, 0.1) is 17.8 Å². The fourth-order valence-electron chi connectivity index (χ4n) is 8.21. The van der Waals surface area contributed by atoms with E-state index in [-0.39, 0.29) is 66.4 Å². The molecule has 5 atom stereocenters. The van der Waals surface area contributed by atoms with Crippen molar-refractivity contribution in [1.82, 2.24) is 15.1 Å². The summed E-state index contributed by atoms with van der Waals surface area (Å²) in [5.74, 6) is -6.09. The number of phenols is 2. The van der Waals surface area contributed by atoms with Gasteiger partial charge in [-0.05, 0) is 91.4 Å². The van der Waals surface area contributed by atoms with Crippen LogP contribution in [-0.2, 0) is 35.2 Å². The average molecular weight is 893 g/mol. The van der Waals surface area contributed by atoms with Gasteiger partial charge in [-0.2, -0.15) is 0 Å². The van der Waals surface area contributed by atoms with Gasteiger partial charge in [-0.15, -0.1) is 0 Å². The van der Waals surface area contributed by atoms with Gasteiger partial charge in [-0.1, -0.05) is 80.4 Å². The Morgan fingerprint density at radius 1 is 0.812 bits per heavy atom. The van der Waals surface area contributed by atoms with Crippen molar-refractivity contribution in [2.45, 2.75) is 77.8 Å². The van der Waals surface area contributed by atoms with Gasteiger partial charge in [0.1, 0.15) is 23.3 Å². The average Bonchev–Trinajstić information content (AvgIpc) is 3.26. The topological polar surface area (TPSA) is 204 Å². The van der Waals surface area contributed by atoms with Crippen molar-refractivity contribution in [1.29, 1.82) is 0 Å². The number of aromatic hydroxyl groups is 2. The quantitative estimate of drug-likeness (QED) is 0.0678. The van der Waals surface area contributed by atoms with E-state index < -0.39 is 59.1 Å². The molecule has 4 aromatic carbocycles. The number of phenolic OH excluding ortho intramolecular Hbond substituents is 2. The van der Waals surface area contributed by atoms with E-state index >= 15 is 0 Å². The van der Waals surface area contributed by atoms with Crippen LogP contribution in [0.3, 0.4) is 0 Å². The van der Waals surface area contributed by atoms with Gasteiger partial charge in [0.25, 0.3) is 0 Å². The number of carbonyl (C=O) groups is 7. The number of nitrogens with one attached hydrogen (secondary N) is 1. The van der Waals surface area contributed by atoms with Crippen LogP contribution in [0.5, 0.6) is 11.5 Å². The third kappa shape index (κ3) is 12.3. The number of likely N-dealkylation sites (N-methyl/N-ethyl adjacent to an activating group) is 2. The summed E-state index contributed by atoms with van der Waals surface area (Å²) in [6, 6.07) is 20.9.